The Balaban J connectivity index is 2.32. The normalized spacial score (nSPS) is 10.8. The standard InChI is InChI=1S/C15H14BrF2NO2/c1-8(2)20-14-7-15(13(19)6-12(14)18)21-9-3-4-10(16)11(17)5-9/h3-8H,19H2,1-2H3. The average molecular weight is 358 g/mol. The quantitative estimate of drug-likeness (QED) is 0.792. The van der Waals surface area contributed by atoms with E-state index in [0.717, 1.165) is 6.07 Å². The van der Waals surface area contributed by atoms with Gasteiger partial charge < -0.3 is 15.2 Å². The van der Waals surface area contributed by atoms with Crippen LogP contribution in [-0.2, 0) is 0 Å². The summed E-state index contributed by atoms with van der Waals surface area (Å²) in [6.07, 6.45) is -0.193. The molecule has 0 fully saturated rings. The van der Waals surface area contributed by atoms with Gasteiger partial charge >= 0.3 is 0 Å². The predicted molar refractivity (Wildman–Crippen MR) is 80.8 cm³/mol. The number of hydrogen-bond donors (Lipinski definition) is 1. The van der Waals surface area contributed by atoms with E-state index in [0.29, 0.717) is 4.47 Å². The van der Waals surface area contributed by atoms with Gasteiger partial charge in [-0.05, 0) is 41.9 Å². The third-order valence-corrected chi connectivity index (χ3v) is 3.19. The Morgan fingerprint density at radius 3 is 2.38 bits per heavy atom. The molecule has 2 aromatic carbocycles. The Bertz CT molecular complexity index is 662. The number of nitrogens with two attached hydrogens (primary N) is 1. The van der Waals surface area contributed by atoms with Crippen LogP contribution in [0.1, 0.15) is 13.8 Å². The molecule has 0 radical (unpaired) electrons. The molecule has 0 amide bonds. The Labute approximate surface area is 129 Å². The largest absolute Gasteiger partial charge is 0.488 e. The van der Waals surface area contributed by atoms with Crippen LogP contribution in [0, 0.1) is 11.6 Å². The van der Waals surface area contributed by atoms with E-state index in [1.165, 1.54) is 18.2 Å². The van der Waals surface area contributed by atoms with E-state index in [1.807, 2.05) is 0 Å². The van der Waals surface area contributed by atoms with Gasteiger partial charge in [-0.3, -0.25) is 0 Å². The van der Waals surface area contributed by atoms with Crippen molar-refractivity contribution in [3.8, 4) is 17.2 Å². The van der Waals surface area contributed by atoms with Gasteiger partial charge in [0.15, 0.2) is 17.3 Å². The van der Waals surface area contributed by atoms with E-state index < -0.39 is 11.6 Å². The molecular weight excluding hydrogens is 344 g/mol. The second-order valence-electron chi connectivity index (χ2n) is 4.67. The number of ether oxygens (including phenoxy) is 2. The van der Waals surface area contributed by atoms with Crippen molar-refractivity contribution in [2.45, 2.75) is 20.0 Å². The summed E-state index contributed by atoms with van der Waals surface area (Å²) >= 11 is 3.05. The van der Waals surface area contributed by atoms with Crippen molar-refractivity contribution in [3.63, 3.8) is 0 Å². The molecule has 112 valence electrons. The first-order valence-electron chi connectivity index (χ1n) is 6.25. The van der Waals surface area contributed by atoms with Crippen LogP contribution in [-0.4, -0.2) is 6.10 Å². The Kier molecular flexibility index (Phi) is 4.67. The van der Waals surface area contributed by atoms with Crippen molar-refractivity contribution in [3.05, 3.63) is 46.4 Å². The van der Waals surface area contributed by atoms with Crippen LogP contribution in [0.25, 0.3) is 0 Å². The number of benzene rings is 2. The number of halogens is 3. The third-order valence-electron chi connectivity index (χ3n) is 2.55. The lowest BCUT2D eigenvalue weighted by Gasteiger charge is -2.14. The summed E-state index contributed by atoms with van der Waals surface area (Å²) in [5.74, 6) is -0.549. The first-order chi connectivity index (χ1) is 9.86. The van der Waals surface area contributed by atoms with E-state index in [-0.39, 0.29) is 29.0 Å². The lowest BCUT2D eigenvalue weighted by Crippen LogP contribution is -2.07. The van der Waals surface area contributed by atoms with Crippen LogP contribution < -0.4 is 15.2 Å². The summed E-state index contributed by atoms with van der Waals surface area (Å²) in [5, 5.41) is 0. The van der Waals surface area contributed by atoms with E-state index in [1.54, 1.807) is 19.9 Å². The van der Waals surface area contributed by atoms with Crippen LogP contribution in [0.15, 0.2) is 34.8 Å². The predicted octanol–water partition coefficient (Wildman–Crippen LogP) is 4.89. The van der Waals surface area contributed by atoms with Crippen molar-refractivity contribution in [2.75, 3.05) is 5.73 Å². The molecular formula is C15H14BrF2NO2. The van der Waals surface area contributed by atoms with Crippen LogP contribution in [0.2, 0.25) is 0 Å². The molecule has 2 N–H and O–H groups in total. The molecule has 2 aromatic rings. The SMILES string of the molecule is CC(C)Oc1cc(Oc2ccc(Br)c(F)c2)c(N)cc1F. The second-order valence-corrected chi connectivity index (χ2v) is 5.52. The lowest BCUT2D eigenvalue weighted by molar-refractivity contribution is 0.230. The number of nitrogen functional groups attached to an aromatic ring is 1. The van der Waals surface area contributed by atoms with E-state index >= 15 is 0 Å². The molecule has 0 bridgehead atoms. The Morgan fingerprint density at radius 2 is 1.76 bits per heavy atom. The molecule has 0 aliphatic rings. The molecule has 0 saturated carbocycles. The summed E-state index contributed by atoms with van der Waals surface area (Å²) in [7, 11) is 0. The summed E-state index contributed by atoms with van der Waals surface area (Å²) in [6.45, 7) is 3.56. The topological polar surface area (TPSA) is 44.5 Å². The fraction of sp³-hybridized carbons (Fsp3) is 0.200. The van der Waals surface area contributed by atoms with Crippen LogP contribution in [0.3, 0.4) is 0 Å². The van der Waals surface area contributed by atoms with E-state index in [4.69, 9.17) is 15.2 Å². The lowest BCUT2D eigenvalue weighted by atomic mass is 10.2. The number of hydrogen-bond acceptors (Lipinski definition) is 3. The van der Waals surface area contributed by atoms with Crippen LogP contribution in [0.5, 0.6) is 17.2 Å². The smallest absolute Gasteiger partial charge is 0.167 e. The van der Waals surface area contributed by atoms with Gasteiger partial charge in [0.1, 0.15) is 11.6 Å². The minimum absolute atomic E-state index is 0.0341. The van der Waals surface area contributed by atoms with Crippen molar-refractivity contribution in [2.24, 2.45) is 0 Å². The summed E-state index contributed by atoms with van der Waals surface area (Å²) in [4.78, 5) is 0. The molecule has 21 heavy (non-hydrogen) atoms. The van der Waals surface area contributed by atoms with Gasteiger partial charge in [0.2, 0.25) is 0 Å². The highest BCUT2D eigenvalue weighted by atomic mass is 79.9. The van der Waals surface area contributed by atoms with Gasteiger partial charge in [0.05, 0.1) is 16.3 Å². The zero-order valence-corrected chi connectivity index (χ0v) is 13.1. The highest BCUT2D eigenvalue weighted by molar-refractivity contribution is 9.10. The molecule has 2 rings (SSSR count). The molecule has 0 atom stereocenters. The number of anilines is 1. The Morgan fingerprint density at radius 1 is 1.05 bits per heavy atom. The maximum atomic E-state index is 13.7. The maximum absolute atomic E-state index is 13.7. The molecule has 0 unspecified atom stereocenters. The average Bonchev–Trinajstić information content (AvgIpc) is 2.39. The fourth-order valence-corrected chi connectivity index (χ4v) is 1.90. The molecule has 0 aromatic heterocycles. The molecule has 6 heteroatoms. The minimum Gasteiger partial charge on any atom is -0.488 e. The van der Waals surface area contributed by atoms with Crippen LogP contribution >= 0.6 is 15.9 Å². The van der Waals surface area contributed by atoms with E-state index in [2.05, 4.69) is 15.9 Å². The zero-order valence-electron chi connectivity index (χ0n) is 11.5. The third kappa shape index (κ3) is 3.85. The summed E-state index contributed by atoms with van der Waals surface area (Å²) in [5.41, 5.74) is 5.82. The first-order valence-corrected chi connectivity index (χ1v) is 7.04. The molecule has 0 aliphatic carbocycles. The van der Waals surface area contributed by atoms with Gasteiger partial charge in [-0.1, -0.05) is 0 Å². The maximum Gasteiger partial charge on any atom is 0.167 e. The molecule has 0 spiro atoms. The van der Waals surface area contributed by atoms with Crippen molar-refractivity contribution >= 4 is 21.6 Å². The molecule has 0 heterocycles. The minimum atomic E-state index is -0.574. The molecule has 0 aliphatic heterocycles. The van der Waals surface area contributed by atoms with Gasteiger partial charge in [0.25, 0.3) is 0 Å². The fourth-order valence-electron chi connectivity index (χ4n) is 1.65. The Hall–Kier alpha value is -1.82. The monoisotopic (exact) mass is 357 g/mol. The van der Waals surface area contributed by atoms with Crippen molar-refractivity contribution < 1.29 is 18.3 Å². The van der Waals surface area contributed by atoms with Gasteiger partial charge in [-0.15, -0.1) is 0 Å². The van der Waals surface area contributed by atoms with Gasteiger partial charge in [-0.25, -0.2) is 8.78 Å². The van der Waals surface area contributed by atoms with Crippen molar-refractivity contribution in [1.82, 2.24) is 0 Å². The summed E-state index contributed by atoms with van der Waals surface area (Å²) < 4.78 is 38.3. The first kappa shape index (κ1) is 15.6. The molecule has 3 nitrogen and oxygen atoms in total. The number of rotatable bonds is 4. The van der Waals surface area contributed by atoms with E-state index in [9.17, 15) is 8.78 Å². The van der Waals surface area contributed by atoms with Gasteiger partial charge in [-0.2, -0.15) is 0 Å². The zero-order chi connectivity index (χ0) is 15.6. The van der Waals surface area contributed by atoms with Crippen molar-refractivity contribution in [1.29, 1.82) is 0 Å². The highest BCUT2D eigenvalue weighted by Crippen LogP contribution is 2.34. The molecule has 0 saturated heterocycles. The van der Waals surface area contributed by atoms with Crippen LogP contribution in [0.4, 0.5) is 14.5 Å². The second kappa shape index (κ2) is 6.30. The summed E-state index contributed by atoms with van der Waals surface area (Å²) in [6, 6.07) is 6.75. The highest BCUT2D eigenvalue weighted by Gasteiger charge is 2.13. The van der Waals surface area contributed by atoms with Gasteiger partial charge in [0, 0.05) is 18.2 Å².